The number of carbonyl (C=O) groups excluding carboxylic acids is 2. The van der Waals surface area contributed by atoms with Crippen molar-refractivity contribution in [3.8, 4) is 5.69 Å². The second kappa shape index (κ2) is 7.65. The third-order valence-corrected chi connectivity index (χ3v) is 5.56. The second-order valence-electron chi connectivity index (χ2n) is 6.07. The second-order valence-corrected chi connectivity index (χ2v) is 7.42. The van der Waals surface area contributed by atoms with Gasteiger partial charge >= 0.3 is 6.03 Å². The van der Waals surface area contributed by atoms with E-state index in [1.807, 2.05) is 0 Å². The van der Waals surface area contributed by atoms with Crippen molar-refractivity contribution >= 4 is 46.2 Å². The zero-order valence-electron chi connectivity index (χ0n) is 14.6. The molecule has 1 aliphatic heterocycles. The molecule has 0 radical (unpaired) electrons. The first kappa shape index (κ1) is 18.5. The van der Waals surface area contributed by atoms with Crippen LogP contribution in [0.1, 0.15) is 0 Å². The lowest BCUT2D eigenvalue weighted by Gasteiger charge is -2.15. The zero-order valence-corrected chi connectivity index (χ0v) is 16.2. The highest BCUT2D eigenvalue weighted by atomic mass is 35.5. The molecule has 28 heavy (non-hydrogen) atoms. The average Bonchev–Trinajstić information content (AvgIpc) is 3.13. The van der Waals surface area contributed by atoms with Crippen LogP contribution in [0.15, 0.2) is 58.5 Å². The zero-order chi connectivity index (χ0) is 19.7. The number of aromatic nitrogens is 2. The van der Waals surface area contributed by atoms with E-state index in [2.05, 4.69) is 10.3 Å². The minimum Gasteiger partial charge on any atom is -0.336 e. The van der Waals surface area contributed by atoms with Crippen molar-refractivity contribution in [1.29, 1.82) is 0 Å². The number of hydrogen-bond donors (Lipinski definition) is 1. The number of rotatable bonds is 4. The Bertz CT molecular complexity index is 1150. The van der Waals surface area contributed by atoms with Gasteiger partial charge in [-0.05, 0) is 24.3 Å². The number of urea groups is 1. The number of thioether (sulfide) groups is 1. The number of amides is 3. The summed E-state index contributed by atoms with van der Waals surface area (Å²) in [5.41, 5.74) is 0.749. The van der Waals surface area contributed by atoms with E-state index in [4.69, 9.17) is 11.6 Å². The summed E-state index contributed by atoms with van der Waals surface area (Å²) >= 11 is 7.41. The van der Waals surface area contributed by atoms with Gasteiger partial charge in [-0.3, -0.25) is 19.1 Å². The Balaban J connectivity index is 1.77. The summed E-state index contributed by atoms with van der Waals surface area (Å²) in [4.78, 5) is 43.0. The number of nitrogens with one attached hydrogen (secondary N) is 1. The van der Waals surface area contributed by atoms with Gasteiger partial charge in [-0.2, -0.15) is 0 Å². The van der Waals surface area contributed by atoms with Crippen LogP contribution in [0.3, 0.4) is 0 Å². The summed E-state index contributed by atoms with van der Waals surface area (Å²) < 4.78 is 1.41. The number of imide groups is 1. The molecule has 142 valence electrons. The van der Waals surface area contributed by atoms with Crippen LogP contribution in [0.5, 0.6) is 0 Å². The van der Waals surface area contributed by atoms with E-state index in [1.54, 1.807) is 48.5 Å². The predicted molar refractivity (Wildman–Crippen MR) is 108 cm³/mol. The molecule has 1 fully saturated rings. The average molecular weight is 415 g/mol. The highest BCUT2D eigenvalue weighted by Crippen LogP contribution is 2.26. The third-order valence-electron chi connectivity index (χ3n) is 4.32. The molecule has 1 N–H and O–H groups in total. The molecule has 0 aliphatic carbocycles. The fourth-order valence-electron chi connectivity index (χ4n) is 2.97. The highest BCUT2D eigenvalue weighted by molar-refractivity contribution is 7.99. The number of carbonyl (C=O) groups is 2. The summed E-state index contributed by atoms with van der Waals surface area (Å²) in [5.74, 6) is -0.365. The molecule has 3 amide bonds. The van der Waals surface area contributed by atoms with E-state index in [-0.39, 0.29) is 17.2 Å². The largest absolute Gasteiger partial charge is 0.336 e. The van der Waals surface area contributed by atoms with Crippen LogP contribution in [-0.4, -0.2) is 45.2 Å². The molecule has 0 saturated carbocycles. The maximum Gasteiger partial charge on any atom is 0.324 e. The Hall–Kier alpha value is -2.84. The SMILES string of the molecule is O=C(CSc1nc2ccccc2c(=O)n1-c1ccccc1Cl)N1CCNC1=O. The van der Waals surface area contributed by atoms with E-state index in [9.17, 15) is 14.4 Å². The summed E-state index contributed by atoms with van der Waals surface area (Å²) in [6.45, 7) is 0.772. The monoisotopic (exact) mass is 414 g/mol. The van der Waals surface area contributed by atoms with Crippen molar-refractivity contribution in [2.75, 3.05) is 18.8 Å². The van der Waals surface area contributed by atoms with Crippen molar-refractivity contribution in [1.82, 2.24) is 19.8 Å². The lowest BCUT2D eigenvalue weighted by Crippen LogP contribution is -2.35. The molecule has 0 unspecified atom stereocenters. The Kier molecular flexibility index (Phi) is 5.06. The van der Waals surface area contributed by atoms with E-state index < -0.39 is 6.03 Å². The maximum atomic E-state index is 13.1. The summed E-state index contributed by atoms with van der Waals surface area (Å²) in [6.07, 6.45) is 0. The molecule has 1 aromatic heterocycles. The van der Waals surface area contributed by atoms with E-state index in [0.717, 1.165) is 16.7 Å². The van der Waals surface area contributed by atoms with Crippen molar-refractivity contribution in [2.45, 2.75) is 5.16 Å². The number of para-hydroxylation sites is 2. The van der Waals surface area contributed by atoms with Crippen LogP contribution in [0.4, 0.5) is 4.79 Å². The molecule has 4 rings (SSSR count). The predicted octanol–water partition coefficient (Wildman–Crippen LogP) is 2.68. The standard InChI is InChI=1S/C19H15ClN4O3S/c20-13-6-2-4-8-15(13)24-17(26)12-5-1-3-7-14(12)22-19(24)28-11-16(25)23-10-9-21-18(23)27/h1-8H,9-11H2,(H,21,27). The van der Waals surface area contributed by atoms with Gasteiger partial charge in [0.1, 0.15) is 0 Å². The molecule has 9 heteroatoms. The van der Waals surface area contributed by atoms with E-state index in [1.165, 1.54) is 4.57 Å². The molecule has 3 aromatic rings. The summed E-state index contributed by atoms with van der Waals surface area (Å²) in [5, 5.41) is 3.79. The van der Waals surface area contributed by atoms with E-state index in [0.29, 0.717) is 39.9 Å². The minimum absolute atomic E-state index is 0.0251. The number of nitrogens with zero attached hydrogens (tertiary/aromatic N) is 3. The van der Waals surface area contributed by atoms with Gasteiger partial charge in [0.25, 0.3) is 5.56 Å². The first-order valence-electron chi connectivity index (χ1n) is 8.54. The Labute approximate surface area is 169 Å². The van der Waals surface area contributed by atoms with E-state index >= 15 is 0 Å². The molecule has 0 atom stereocenters. The third kappa shape index (κ3) is 3.36. The molecule has 7 nitrogen and oxygen atoms in total. The van der Waals surface area contributed by atoms with Crippen molar-refractivity contribution in [3.63, 3.8) is 0 Å². The molecule has 0 bridgehead atoms. The molecular weight excluding hydrogens is 400 g/mol. The van der Waals surface area contributed by atoms with Gasteiger partial charge in [0.2, 0.25) is 5.91 Å². The van der Waals surface area contributed by atoms with Crippen molar-refractivity contribution in [2.24, 2.45) is 0 Å². The van der Waals surface area contributed by atoms with Crippen LogP contribution >= 0.6 is 23.4 Å². The van der Waals surface area contributed by atoms with Crippen LogP contribution in [-0.2, 0) is 4.79 Å². The van der Waals surface area contributed by atoms with Gasteiger partial charge in [0, 0.05) is 13.1 Å². The van der Waals surface area contributed by atoms with Gasteiger partial charge in [0.15, 0.2) is 5.16 Å². The Morgan fingerprint density at radius 2 is 1.89 bits per heavy atom. The fraction of sp³-hybridized carbons (Fsp3) is 0.158. The number of fused-ring (bicyclic) bond motifs is 1. The van der Waals surface area contributed by atoms with Crippen molar-refractivity contribution in [3.05, 3.63) is 63.9 Å². The molecule has 2 heterocycles. The number of benzene rings is 2. The minimum atomic E-state index is -0.402. The maximum absolute atomic E-state index is 13.1. The topological polar surface area (TPSA) is 84.3 Å². The fourth-order valence-corrected chi connectivity index (χ4v) is 4.07. The summed E-state index contributed by atoms with van der Waals surface area (Å²) in [7, 11) is 0. The lowest BCUT2D eigenvalue weighted by atomic mass is 10.2. The van der Waals surface area contributed by atoms with Crippen LogP contribution in [0.2, 0.25) is 5.02 Å². The van der Waals surface area contributed by atoms with Crippen LogP contribution in [0, 0.1) is 0 Å². The molecule has 1 aliphatic rings. The van der Waals surface area contributed by atoms with Crippen molar-refractivity contribution < 1.29 is 9.59 Å². The van der Waals surface area contributed by atoms with Gasteiger partial charge in [-0.1, -0.05) is 47.6 Å². The van der Waals surface area contributed by atoms with Gasteiger partial charge < -0.3 is 5.32 Å². The first-order chi connectivity index (χ1) is 13.6. The van der Waals surface area contributed by atoms with Gasteiger partial charge in [-0.25, -0.2) is 9.78 Å². The van der Waals surface area contributed by atoms with Crippen LogP contribution in [0.25, 0.3) is 16.6 Å². The van der Waals surface area contributed by atoms with Gasteiger partial charge in [-0.15, -0.1) is 0 Å². The molecule has 0 spiro atoms. The van der Waals surface area contributed by atoms with Crippen LogP contribution < -0.4 is 10.9 Å². The molecule has 2 aromatic carbocycles. The number of halogens is 1. The van der Waals surface area contributed by atoms with Gasteiger partial charge in [0.05, 0.1) is 27.4 Å². The summed E-state index contributed by atoms with van der Waals surface area (Å²) in [6, 6.07) is 13.6. The Morgan fingerprint density at radius 1 is 1.14 bits per heavy atom. The lowest BCUT2D eigenvalue weighted by molar-refractivity contribution is -0.124. The highest BCUT2D eigenvalue weighted by Gasteiger charge is 2.26. The quantitative estimate of drug-likeness (QED) is 0.524. The Morgan fingerprint density at radius 3 is 2.64 bits per heavy atom. The molecular formula is C19H15ClN4O3S. The molecule has 1 saturated heterocycles. The smallest absolute Gasteiger partial charge is 0.324 e. The normalized spacial score (nSPS) is 13.8. The number of hydrogen-bond acceptors (Lipinski definition) is 5. The first-order valence-corrected chi connectivity index (χ1v) is 9.90.